The molecule has 0 N–H and O–H groups in total. The Balaban J connectivity index is 1.80. The molecule has 0 aromatic heterocycles. The van der Waals surface area contributed by atoms with Crippen molar-refractivity contribution in [1.29, 1.82) is 0 Å². The van der Waals surface area contributed by atoms with Gasteiger partial charge in [-0.3, -0.25) is 4.79 Å². The Morgan fingerprint density at radius 3 is 2.75 bits per heavy atom. The van der Waals surface area contributed by atoms with Gasteiger partial charge in [-0.15, -0.1) is 0 Å². The maximum absolute atomic E-state index is 13.0. The van der Waals surface area contributed by atoms with Gasteiger partial charge in [0.15, 0.2) is 0 Å². The van der Waals surface area contributed by atoms with E-state index in [-0.39, 0.29) is 17.9 Å². The Kier molecular flexibility index (Phi) is 3.47. The summed E-state index contributed by atoms with van der Waals surface area (Å²) >= 11 is 0. The van der Waals surface area contributed by atoms with Crippen LogP contribution in [0.15, 0.2) is 36.2 Å². The minimum atomic E-state index is -0.0559. The molecule has 4 heteroatoms. The molecule has 0 spiro atoms. The number of benzene rings is 1. The summed E-state index contributed by atoms with van der Waals surface area (Å²) in [6.45, 7) is 0.543. The van der Waals surface area contributed by atoms with Crippen molar-refractivity contribution in [3.05, 3.63) is 41.7 Å². The topological polar surface area (TPSA) is 29.5 Å². The lowest BCUT2D eigenvalue weighted by Crippen LogP contribution is -2.52. The third kappa shape index (κ3) is 2.19. The molecule has 1 aromatic rings. The summed E-state index contributed by atoms with van der Waals surface area (Å²) in [6.07, 6.45) is 3.06. The van der Waals surface area contributed by atoms with Crippen molar-refractivity contribution in [3.8, 4) is 5.75 Å². The fourth-order valence-corrected chi connectivity index (χ4v) is 3.25. The van der Waals surface area contributed by atoms with Gasteiger partial charge in [-0.2, -0.15) is 0 Å². The molecule has 1 amide bonds. The van der Waals surface area contributed by atoms with Gasteiger partial charge in [0.05, 0.1) is 19.5 Å². The van der Waals surface area contributed by atoms with E-state index < -0.39 is 0 Å². The third-order valence-corrected chi connectivity index (χ3v) is 4.36. The van der Waals surface area contributed by atoms with E-state index in [9.17, 15) is 9.18 Å². The van der Waals surface area contributed by atoms with Gasteiger partial charge in [0.25, 0.3) is 0 Å². The van der Waals surface area contributed by atoms with Crippen LogP contribution < -0.4 is 4.74 Å². The molecule has 2 saturated heterocycles. The predicted molar refractivity (Wildman–Crippen MR) is 73.9 cm³/mol. The number of fused-ring (bicyclic) bond motifs is 3. The first kappa shape index (κ1) is 13.2. The molecular formula is C16H18FNO2. The van der Waals surface area contributed by atoms with Gasteiger partial charge < -0.3 is 9.64 Å². The zero-order chi connectivity index (χ0) is 14.1. The average Bonchev–Trinajstić information content (AvgIpc) is 2.51. The SMILES string of the molecule is COc1ccc(CN2C(=O)[C@H]3CC[C@H]2/C(=C/F)C3)cc1. The summed E-state index contributed by atoms with van der Waals surface area (Å²) in [7, 11) is 1.63. The zero-order valence-electron chi connectivity index (χ0n) is 11.5. The maximum Gasteiger partial charge on any atom is 0.226 e. The van der Waals surface area contributed by atoms with Crippen LogP contribution in [0, 0.1) is 5.92 Å². The summed E-state index contributed by atoms with van der Waals surface area (Å²) in [4.78, 5) is 14.2. The number of ether oxygens (including phenoxy) is 1. The van der Waals surface area contributed by atoms with E-state index in [4.69, 9.17) is 4.74 Å². The number of halogens is 1. The molecule has 106 valence electrons. The Morgan fingerprint density at radius 2 is 2.10 bits per heavy atom. The molecule has 0 radical (unpaired) electrons. The summed E-state index contributed by atoms with van der Waals surface area (Å²) in [5, 5.41) is 0. The monoisotopic (exact) mass is 275 g/mol. The van der Waals surface area contributed by atoms with Crippen LogP contribution in [-0.2, 0) is 11.3 Å². The minimum absolute atomic E-state index is 0.0275. The second kappa shape index (κ2) is 5.27. The number of rotatable bonds is 3. The van der Waals surface area contributed by atoms with Crippen LogP contribution in [0.25, 0.3) is 0 Å². The molecule has 2 bridgehead atoms. The lowest BCUT2D eigenvalue weighted by molar-refractivity contribution is -0.144. The van der Waals surface area contributed by atoms with Crippen LogP contribution in [0.2, 0.25) is 0 Å². The molecule has 2 heterocycles. The molecule has 1 aromatic carbocycles. The van der Waals surface area contributed by atoms with Gasteiger partial charge >= 0.3 is 0 Å². The van der Waals surface area contributed by atoms with E-state index in [0.29, 0.717) is 19.3 Å². The van der Waals surface area contributed by atoms with E-state index in [1.54, 1.807) is 7.11 Å². The number of piperidine rings is 2. The molecule has 4 rings (SSSR count). The number of carbonyl (C=O) groups is 1. The predicted octanol–water partition coefficient (Wildman–Crippen LogP) is 3.06. The number of amides is 1. The van der Waals surface area contributed by atoms with Gasteiger partial charge in [-0.1, -0.05) is 12.1 Å². The quantitative estimate of drug-likeness (QED) is 0.848. The van der Waals surface area contributed by atoms with Crippen molar-refractivity contribution >= 4 is 5.91 Å². The van der Waals surface area contributed by atoms with E-state index in [1.807, 2.05) is 29.2 Å². The smallest absolute Gasteiger partial charge is 0.226 e. The van der Waals surface area contributed by atoms with Gasteiger partial charge in [-0.05, 0) is 42.5 Å². The van der Waals surface area contributed by atoms with Crippen molar-refractivity contribution in [3.63, 3.8) is 0 Å². The maximum atomic E-state index is 13.0. The van der Waals surface area contributed by atoms with Crippen molar-refractivity contribution in [1.82, 2.24) is 4.90 Å². The number of hydrogen-bond acceptors (Lipinski definition) is 2. The molecule has 2 atom stereocenters. The first-order valence-electron chi connectivity index (χ1n) is 6.95. The first-order valence-corrected chi connectivity index (χ1v) is 6.95. The van der Waals surface area contributed by atoms with Crippen LogP contribution in [0.5, 0.6) is 5.75 Å². The molecule has 3 fully saturated rings. The highest BCUT2D eigenvalue weighted by molar-refractivity contribution is 5.82. The molecule has 0 unspecified atom stereocenters. The Morgan fingerprint density at radius 1 is 1.35 bits per heavy atom. The Labute approximate surface area is 118 Å². The second-order valence-electron chi connectivity index (χ2n) is 5.49. The van der Waals surface area contributed by atoms with E-state index in [0.717, 1.165) is 29.7 Å². The van der Waals surface area contributed by atoms with E-state index in [1.165, 1.54) is 0 Å². The van der Waals surface area contributed by atoms with E-state index >= 15 is 0 Å². The molecule has 3 nitrogen and oxygen atoms in total. The highest BCUT2D eigenvalue weighted by Crippen LogP contribution is 2.40. The minimum Gasteiger partial charge on any atom is -0.497 e. The molecule has 20 heavy (non-hydrogen) atoms. The van der Waals surface area contributed by atoms with Gasteiger partial charge in [0.2, 0.25) is 5.91 Å². The van der Waals surface area contributed by atoms with Crippen molar-refractivity contribution in [2.24, 2.45) is 5.92 Å². The summed E-state index contributed by atoms with van der Waals surface area (Å²) < 4.78 is 18.1. The molecule has 1 saturated carbocycles. The Bertz CT molecular complexity index is 538. The van der Waals surface area contributed by atoms with Crippen molar-refractivity contribution < 1.29 is 13.9 Å². The fourth-order valence-electron chi connectivity index (χ4n) is 3.25. The number of carbonyl (C=O) groups excluding carboxylic acids is 1. The summed E-state index contributed by atoms with van der Waals surface area (Å²) in [5.41, 5.74) is 1.82. The van der Waals surface area contributed by atoms with E-state index in [2.05, 4.69) is 0 Å². The molecule has 3 aliphatic rings. The van der Waals surface area contributed by atoms with Crippen LogP contribution >= 0.6 is 0 Å². The normalized spacial score (nSPS) is 27.2. The fraction of sp³-hybridized carbons (Fsp3) is 0.438. The first-order chi connectivity index (χ1) is 9.72. The highest BCUT2D eigenvalue weighted by atomic mass is 19.1. The number of methoxy groups -OCH3 is 1. The molecule has 1 aliphatic carbocycles. The molecular weight excluding hydrogens is 257 g/mol. The van der Waals surface area contributed by atoms with Crippen molar-refractivity contribution in [2.75, 3.05) is 7.11 Å². The van der Waals surface area contributed by atoms with Crippen LogP contribution in [0.1, 0.15) is 24.8 Å². The summed E-state index contributed by atoms with van der Waals surface area (Å²) in [6, 6.07) is 7.61. The van der Waals surface area contributed by atoms with Crippen LogP contribution in [0.3, 0.4) is 0 Å². The lowest BCUT2D eigenvalue weighted by Gasteiger charge is -2.46. The lowest BCUT2D eigenvalue weighted by atomic mass is 9.76. The van der Waals surface area contributed by atoms with Gasteiger partial charge in [-0.25, -0.2) is 4.39 Å². The van der Waals surface area contributed by atoms with Gasteiger partial charge in [0.1, 0.15) is 5.75 Å². The standard InChI is InChI=1S/C16H18FNO2/c1-20-14-5-2-11(3-6-14)10-18-15-7-4-12(16(18)19)8-13(15)9-17/h2-3,5-6,9,12,15H,4,7-8,10H2,1H3/b13-9+/t12-,15-/m0/s1. The Hall–Kier alpha value is -1.84. The number of nitrogens with zero attached hydrogens (tertiary/aromatic N) is 1. The average molecular weight is 275 g/mol. The zero-order valence-corrected chi connectivity index (χ0v) is 11.5. The third-order valence-electron chi connectivity index (χ3n) is 4.36. The largest absolute Gasteiger partial charge is 0.497 e. The highest BCUT2D eigenvalue weighted by Gasteiger charge is 2.43. The van der Waals surface area contributed by atoms with Crippen LogP contribution in [-0.4, -0.2) is 24.0 Å². The second-order valence-corrected chi connectivity index (χ2v) is 5.49. The van der Waals surface area contributed by atoms with Crippen molar-refractivity contribution in [2.45, 2.75) is 31.8 Å². The molecule has 2 aliphatic heterocycles. The van der Waals surface area contributed by atoms with Gasteiger partial charge in [0, 0.05) is 12.5 Å². The number of hydrogen-bond donors (Lipinski definition) is 0. The van der Waals surface area contributed by atoms with Crippen LogP contribution in [0.4, 0.5) is 4.39 Å². The summed E-state index contributed by atoms with van der Waals surface area (Å²) in [5.74, 6) is 0.938.